The van der Waals surface area contributed by atoms with Crippen LogP contribution >= 0.6 is 0 Å². The standard InChI is InChI=1S/C16H16N4O4/c21-12-3-1-11(2-4-12)7-19-14(22)16(5-6-16)20-15(23)24-13-8-17-10-18-9-13/h1-4,8-10,21H,5-7H2,(H,19,22)(H,20,23). The van der Waals surface area contributed by atoms with E-state index in [1.54, 1.807) is 24.3 Å². The topological polar surface area (TPSA) is 113 Å². The van der Waals surface area contributed by atoms with Gasteiger partial charge in [-0.3, -0.25) is 4.79 Å². The van der Waals surface area contributed by atoms with Crippen molar-refractivity contribution in [3.05, 3.63) is 48.5 Å². The number of benzene rings is 1. The van der Waals surface area contributed by atoms with Gasteiger partial charge < -0.3 is 20.5 Å². The highest BCUT2D eigenvalue weighted by Gasteiger charge is 2.51. The van der Waals surface area contributed by atoms with Gasteiger partial charge in [-0.05, 0) is 30.5 Å². The van der Waals surface area contributed by atoms with Crippen LogP contribution in [-0.4, -0.2) is 32.6 Å². The summed E-state index contributed by atoms with van der Waals surface area (Å²) in [6, 6.07) is 6.52. The van der Waals surface area contributed by atoms with Crippen molar-refractivity contribution in [3.8, 4) is 11.5 Å². The number of aromatic nitrogens is 2. The third-order valence-electron chi connectivity index (χ3n) is 3.66. The molecule has 24 heavy (non-hydrogen) atoms. The molecule has 1 fully saturated rings. The van der Waals surface area contributed by atoms with Crippen LogP contribution in [0.2, 0.25) is 0 Å². The van der Waals surface area contributed by atoms with Gasteiger partial charge in [-0.15, -0.1) is 0 Å². The fraction of sp³-hybridized carbons (Fsp3) is 0.250. The minimum absolute atomic E-state index is 0.165. The molecule has 2 aromatic rings. The number of nitrogens with one attached hydrogen (secondary N) is 2. The van der Waals surface area contributed by atoms with Crippen molar-refractivity contribution in [3.63, 3.8) is 0 Å². The Balaban J connectivity index is 1.52. The molecule has 1 aliphatic carbocycles. The number of ether oxygens (including phenoxy) is 1. The Kier molecular flexibility index (Phi) is 4.28. The molecule has 1 aromatic heterocycles. The first-order chi connectivity index (χ1) is 11.6. The zero-order valence-electron chi connectivity index (χ0n) is 12.7. The van der Waals surface area contributed by atoms with Crippen LogP contribution in [0.1, 0.15) is 18.4 Å². The number of phenolic OH excluding ortho intramolecular Hbond substituents is 1. The summed E-state index contributed by atoms with van der Waals surface area (Å²) < 4.78 is 5.03. The molecule has 0 saturated heterocycles. The monoisotopic (exact) mass is 328 g/mol. The van der Waals surface area contributed by atoms with Crippen LogP contribution in [0.4, 0.5) is 4.79 Å². The van der Waals surface area contributed by atoms with Crippen molar-refractivity contribution in [1.82, 2.24) is 20.6 Å². The third-order valence-corrected chi connectivity index (χ3v) is 3.66. The molecule has 0 atom stereocenters. The zero-order valence-corrected chi connectivity index (χ0v) is 12.7. The van der Waals surface area contributed by atoms with E-state index in [0.717, 1.165) is 5.56 Å². The van der Waals surface area contributed by atoms with E-state index in [4.69, 9.17) is 4.74 Å². The minimum atomic E-state index is -0.927. The normalized spacial score (nSPS) is 14.5. The second-order valence-corrected chi connectivity index (χ2v) is 5.52. The van der Waals surface area contributed by atoms with Crippen LogP contribution in [0.3, 0.4) is 0 Å². The number of hydrogen-bond donors (Lipinski definition) is 3. The van der Waals surface area contributed by atoms with Gasteiger partial charge in [-0.25, -0.2) is 14.8 Å². The predicted octanol–water partition coefficient (Wildman–Crippen LogP) is 1.12. The fourth-order valence-corrected chi connectivity index (χ4v) is 2.17. The molecule has 0 unspecified atom stereocenters. The van der Waals surface area contributed by atoms with Crippen LogP contribution in [0.25, 0.3) is 0 Å². The lowest BCUT2D eigenvalue weighted by Gasteiger charge is -2.17. The summed E-state index contributed by atoms with van der Waals surface area (Å²) in [4.78, 5) is 31.7. The summed E-state index contributed by atoms with van der Waals surface area (Å²) >= 11 is 0. The van der Waals surface area contributed by atoms with Gasteiger partial charge in [0.05, 0.1) is 12.4 Å². The van der Waals surface area contributed by atoms with Crippen LogP contribution in [0.15, 0.2) is 43.0 Å². The Bertz CT molecular complexity index is 730. The van der Waals surface area contributed by atoms with Crippen LogP contribution < -0.4 is 15.4 Å². The lowest BCUT2D eigenvalue weighted by molar-refractivity contribution is -0.124. The lowest BCUT2D eigenvalue weighted by Crippen LogP contribution is -2.49. The average Bonchev–Trinajstić information content (AvgIpc) is 3.35. The Morgan fingerprint density at radius 2 is 1.83 bits per heavy atom. The van der Waals surface area contributed by atoms with Gasteiger partial charge in [0.25, 0.3) is 0 Å². The van der Waals surface area contributed by atoms with E-state index in [0.29, 0.717) is 19.4 Å². The van der Waals surface area contributed by atoms with Gasteiger partial charge in [0, 0.05) is 6.54 Å². The van der Waals surface area contributed by atoms with E-state index in [-0.39, 0.29) is 17.4 Å². The summed E-state index contributed by atoms with van der Waals surface area (Å²) in [5, 5.41) is 14.6. The van der Waals surface area contributed by atoms with Gasteiger partial charge in [-0.2, -0.15) is 0 Å². The summed E-state index contributed by atoms with van der Waals surface area (Å²) in [5.74, 6) is 0.102. The predicted molar refractivity (Wildman–Crippen MR) is 83.1 cm³/mol. The zero-order chi connectivity index (χ0) is 17.0. The molecule has 3 N–H and O–H groups in total. The van der Waals surface area contributed by atoms with Gasteiger partial charge >= 0.3 is 6.09 Å². The second kappa shape index (κ2) is 6.53. The maximum absolute atomic E-state index is 12.3. The molecule has 1 heterocycles. The van der Waals surface area contributed by atoms with Crippen LogP contribution in [0, 0.1) is 0 Å². The van der Waals surface area contributed by atoms with Crippen LogP contribution in [0.5, 0.6) is 11.5 Å². The summed E-state index contributed by atoms with van der Waals surface area (Å²) in [6.45, 7) is 0.310. The molecule has 8 heteroatoms. The Hall–Kier alpha value is -3.16. The fourth-order valence-electron chi connectivity index (χ4n) is 2.17. The van der Waals surface area contributed by atoms with E-state index in [1.807, 2.05) is 0 Å². The highest BCUT2D eigenvalue weighted by molar-refractivity contribution is 5.93. The second-order valence-electron chi connectivity index (χ2n) is 5.52. The molecule has 3 rings (SSSR count). The third kappa shape index (κ3) is 3.78. The number of aromatic hydroxyl groups is 1. The first-order valence-corrected chi connectivity index (χ1v) is 7.39. The van der Waals surface area contributed by atoms with Crippen molar-refractivity contribution in [2.45, 2.75) is 24.9 Å². The SMILES string of the molecule is O=C(NC1(C(=O)NCc2ccc(O)cc2)CC1)Oc1cncnc1. The van der Waals surface area contributed by atoms with E-state index < -0.39 is 11.6 Å². The van der Waals surface area contributed by atoms with Gasteiger partial charge in [0.15, 0.2) is 5.75 Å². The summed E-state index contributed by atoms with van der Waals surface area (Å²) in [5.41, 5.74) is -0.0788. The average molecular weight is 328 g/mol. The lowest BCUT2D eigenvalue weighted by atomic mass is 10.2. The number of hydrogen-bond acceptors (Lipinski definition) is 6. The molecular formula is C16H16N4O4. The van der Waals surface area contributed by atoms with Crippen molar-refractivity contribution in [2.75, 3.05) is 0 Å². The van der Waals surface area contributed by atoms with Crippen molar-refractivity contribution in [1.29, 1.82) is 0 Å². The minimum Gasteiger partial charge on any atom is -0.508 e. The summed E-state index contributed by atoms with van der Waals surface area (Å²) in [7, 11) is 0. The Labute approximate surface area is 137 Å². The van der Waals surface area contributed by atoms with Gasteiger partial charge in [0.1, 0.15) is 17.6 Å². The molecule has 0 radical (unpaired) electrons. The quantitative estimate of drug-likeness (QED) is 0.758. The van der Waals surface area contributed by atoms with E-state index in [1.165, 1.54) is 18.7 Å². The number of carbonyl (C=O) groups is 2. The highest BCUT2D eigenvalue weighted by atomic mass is 16.6. The van der Waals surface area contributed by atoms with Crippen LogP contribution in [-0.2, 0) is 11.3 Å². The molecule has 0 spiro atoms. The van der Waals surface area contributed by atoms with Gasteiger partial charge in [-0.1, -0.05) is 12.1 Å². The number of carbonyl (C=O) groups excluding carboxylic acids is 2. The molecule has 0 bridgehead atoms. The number of nitrogens with zero attached hydrogens (tertiary/aromatic N) is 2. The van der Waals surface area contributed by atoms with Crippen molar-refractivity contribution < 1.29 is 19.4 Å². The largest absolute Gasteiger partial charge is 0.508 e. The van der Waals surface area contributed by atoms with Crippen molar-refractivity contribution >= 4 is 12.0 Å². The molecule has 124 valence electrons. The maximum Gasteiger partial charge on any atom is 0.413 e. The first-order valence-electron chi connectivity index (χ1n) is 7.39. The smallest absolute Gasteiger partial charge is 0.413 e. The maximum atomic E-state index is 12.3. The molecular weight excluding hydrogens is 312 g/mol. The Morgan fingerprint density at radius 1 is 1.17 bits per heavy atom. The molecule has 0 aliphatic heterocycles. The molecule has 1 saturated carbocycles. The van der Waals surface area contributed by atoms with E-state index in [2.05, 4.69) is 20.6 Å². The van der Waals surface area contributed by atoms with Gasteiger partial charge in [0.2, 0.25) is 5.91 Å². The number of amides is 2. The Morgan fingerprint density at radius 3 is 2.46 bits per heavy atom. The summed E-state index contributed by atoms with van der Waals surface area (Å²) in [6.07, 6.45) is 4.42. The molecule has 8 nitrogen and oxygen atoms in total. The first kappa shape index (κ1) is 15.7. The van der Waals surface area contributed by atoms with E-state index in [9.17, 15) is 14.7 Å². The highest BCUT2D eigenvalue weighted by Crippen LogP contribution is 2.35. The number of phenols is 1. The van der Waals surface area contributed by atoms with E-state index >= 15 is 0 Å². The molecule has 1 aromatic carbocycles. The number of rotatable bonds is 5. The molecule has 1 aliphatic rings. The molecule has 2 amide bonds. The van der Waals surface area contributed by atoms with Crippen molar-refractivity contribution in [2.24, 2.45) is 0 Å².